The fraction of sp³-hybridized carbons (Fsp3) is 0.667. The number of hydrogen-bond acceptors (Lipinski definition) is 3. The normalized spacial score (nSPS) is 17.5. The van der Waals surface area contributed by atoms with E-state index in [1.54, 1.807) is 0 Å². The van der Waals surface area contributed by atoms with Gasteiger partial charge in [-0.05, 0) is 43.5 Å². The summed E-state index contributed by atoms with van der Waals surface area (Å²) in [6.07, 6.45) is 2.51. The number of hydrogen-bond donors (Lipinski definition) is 1. The Kier molecular flexibility index (Phi) is 5.65. The van der Waals surface area contributed by atoms with E-state index in [1.807, 2.05) is 0 Å². The minimum Gasteiger partial charge on any atom is -0.371 e. The predicted molar refractivity (Wildman–Crippen MR) is 91.8 cm³/mol. The molecule has 0 radical (unpaired) electrons. The first-order valence-electron chi connectivity index (χ1n) is 8.30. The second-order valence-corrected chi connectivity index (χ2v) is 6.99. The van der Waals surface area contributed by atoms with Crippen LogP contribution in [0.2, 0.25) is 0 Å². The summed E-state index contributed by atoms with van der Waals surface area (Å²) in [5.74, 6) is 0. The number of para-hydroxylation sites is 1. The third-order valence-electron chi connectivity index (χ3n) is 4.69. The lowest BCUT2D eigenvalue weighted by atomic mass is 9.91. The van der Waals surface area contributed by atoms with Crippen molar-refractivity contribution < 1.29 is 0 Å². The molecule has 1 aromatic carbocycles. The maximum atomic E-state index is 5.90. The molecule has 0 saturated carbocycles. The summed E-state index contributed by atoms with van der Waals surface area (Å²) in [5.41, 5.74) is 7.48. The highest BCUT2D eigenvalue weighted by Crippen LogP contribution is 2.24. The van der Waals surface area contributed by atoms with Gasteiger partial charge in [0.15, 0.2) is 0 Å². The van der Waals surface area contributed by atoms with Gasteiger partial charge in [0.05, 0.1) is 0 Å². The molecule has 0 spiro atoms. The van der Waals surface area contributed by atoms with Gasteiger partial charge in [-0.3, -0.25) is 4.90 Å². The monoisotopic (exact) mass is 289 g/mol. The van der Waals surface area contributed by atoms with Crippen molar-refractivity contribution in [1.82, 2.24) is 4.90 Å². The minimum atomic E-state index is 0.215. The van der Waals surface area contributed by atoms with Crippen LogP contribution in [0, 0.1) is 5.41 Å². The topological polar surface area (TPSA) is 32.5 Å². The number of nitrogens with two attached hydrogens (primary N) is 1. The number of piperidine rings is 1. The summed E-state index contributed by atoms with van der Waals surface area (Å²) in [6.45, 7) is 12.1. The molecule has 1 heterocycles. The Morgan fingerprint density at radius 1 is 1.19 bits per heavy atom. The number of rotatable bonds is 6. The van der Waals surface area contributed by atoms with Crippen molar-refractivity contribution in [1.29, 1.82) is 0 Å². The quantitative estimate of drug-likeness (QED) is 0.874. The molecule has 2 N–H and O–H groups in total. The van der Waals surface area contributed by atoms with Crippen LogP contribution >= 0.6 is 0 Å². The summed E-state index contributed by atoms with van der Waals surface area (Å²) in [7, 11) is 0. The van der Waals surface area contributed by atoms with E-state index >= 15 is 0 Å². The molecule has 0 aliphatic carbocycles. The van der Waals surface area contributed by atoms with Crippen LogP contribution in [0.3, 0.4) is 0 Å². The molecule has 118 valence electrons. The zero-order valence-corrected chi connectivity index (χ0v) is 13.9. The van der Waals surface area contributed by atoms with Crippen molar-refractivity contribution in [2.24, 2.45) is 11.1 Å². The Morgan fingerprint density at radius 3 is 2.33 bits per heavy atom. The summed E-state index contributed by atoms with van der Waals surface area (Å²) >= 11 is 0. The zero-order chi connectivity index (χ0) is 15.3. The van der Waals surface area contributed by atoms with Gasteiger partial charge in [0.2, 0.25) is 0 Å². The summed E-state index contributed by atoms with van der Waals surface area (Å²) in [5, 5.41) is 0. The third-order valence-corrected chi connectivity index (χ3v) is 4.69. The Labute approximate surface area is 130 Å². The van der Waals surface area contributed by atoms with Crippen molar-refractivity contribution in [3.8, 4) is 0 Å². The van der Waals surface area contributed by atoms with E-state index in [9.17, 15) is 0 Å². The highest BCUT2D eigenvalue weighted by Gasteiger charge is 2.27. The van der Waals surface area contributed by atoms with E-state index in [-0.39, 0.29) is 5.41 Å². The largest absolute Gasteiger partial charge is 0.371 e. The minimum absolute atomic E-state index is 0.215. The van der Waals surface area contributed by atoms with E-state index in [0.29, 0.717) is 6.04 Å². The summed E-state index contributed by atoms with van der Waals surface area (Å²) in [6, 6.07) is 11.5. The molecule has 1 aromatic rings. The molecular weight excluding hydrogens is 258 g/mol. The standard InChI is InChI=1S/C18H31N3/c1-4-20(15-18(2,3)14-19)17-10-12-21(13-11-17)16-8-6-5-7-9-16/h5-9,17H,4,10-15,19H2,1-3H3. The van der Waals surface area contributed by atoms with Crippen LogP contribution in [-0.2, 0) is 0 Å². The molecule has 1 saturated heterocycles. The molecule has 1 fully saturated rings. The molecular formula is C18H31N3. The van der Waals surface area contributed by atoms with Gasteiger partial charge < -0.3 is 10.6 Å². The van der Waals surface area contributed by atoms with Crippen LogP contribution in [-0.4, -0.2) is 43.7 Å². The Balaban J connectivity index is 1.90. The molecule has 3 nitrogen and oxygen atoms in total. The van der Waals surface area contributed by atoms with Gasteiger partial charge >= 0.3 is 0 Å². The zero-order valence-electron chi connectivity index (χ0n) is 13.9. The lowest BCUT2D eigenvalue weighted by Gasteiger charge is -2.41. The van der Waals surface area contributed by atoms with Crippen molar-refractivity contribution in [3.05, 3.63) is 30.3 Å². The Hall–Kier alpha value is -1.06. The maximum Gasteiger partial charge on any atom is 0.0366 e. The Bertz CT molecular complexity index is 408. The molecule has 1 aliphatic rings. The van der Waals surface area contributed by atoms with Crippen LogP contribution in [0.5, 0.6) is 0 Å². The third kappa shape index (κ3) is 4.45. The summed E-state index contributed by atoms with van der Waals surface area (Å²) in [4.78, 5) is 5.15. The number of nitrogens with zero attached hydrogens (tertiary/aromatic N) is 2. The summed E-state index contributed by atoms with van der Waals surface area (Å²) < 4.78 is 0. The van der Waals surface area contributed by atoms with Gasteiger partial charge in [0.25, 0.3) is 0 Å². The molecule has 0 atom stereocenters. The average molecular weight is 289 g/mol. The first kappa shape index (κ1) is 16.3. The fourth-order valence-electron chi connectivity index (χ4n) is 3.24. The lowest BCUT2D eigenvalue weighted by molar-refractivity contribution is 0.121. The van der Waals surface area contributed by atoms with Crippen LogP contribution in [0.4, 0.5) is 5.69 Å². The number of benzene rings is 1. The van der Waals surface area contributed by atoms with E-state index in [0.717, 1.165) is 32.7 Å². The van der Waals surface area contributed by atoms with Gasteiger partial charge in [-0.15, -0.1) is 0 Å². The molecule has 0 amide bonds. The van der Waals surface area contributed by atoms with Crippen molar-refractivity contribution in [2.45, 2.75) is 39.7 Å². The van der Waals surface area contributed by atoms with Crippen molar-refractivity contribution in [2.75, 3.05) is 37.6 Å². The van der Waals surface area contributed by atoms with E-state index in [1.165, 1.54) is 18.5 Å². The molecule has 0 bridgehead atoms. The van der Waals surface area contributed by atoms with Crippen molar-refractivity contribution >= 4 is 5.69 Å². The SMILES string of the molecule is CCN(CC(C)(C)CN)C1CCN(c2ccccc2)CC1. The van der Waals surface area contributed by atoms with Crippen LogP contribution in [0.1, 0.15) is 33.6 Å². The van der Waals surface area contributed by atoms with E-state index < -0.39 is 0 Å². The Morgan fingerprint density at radius 2 is 1.81 bits per heavy atom. The molecule has 3 heteroatoms. The fourth-order valence-corrected chi connectivity index (χ4v) is 3.24. The van der Waals surface area contributed by atoms with Crippen LogP contribution in [0.15, 0.2) is 30.3 Å². The van der Waals surface area contributed by atoms with Crippen LogP contribution < -0.4 is 10.6 Å². The molecule has 0 aromatic heterocycles. The second-order valence-electron chi connectivity index (χ2n) is 6.99. The molecule has 1 aliphatic heterocycles. The van der Waals surface area contributed by atoms with Gasteiger partial charge in [0.1, 0.15) is 0 Å². The van der Waals surface area contributed by atoms with E-state index in [4.69, 9.17) is 5.73 Å². The van der Waals surface area contributed by atoms with Gasteiger partial charge in [-0.25, -0.2) is 0 Å². The smallest absolute Gasteiger partial charge is 0.0366 e. The number of anilines is 1. The van der Waals surface area contributed by atoms with Gasteiger partial charge in [-0.2, -0.15) is 0 Å². The predicted octanol–water partition coefficient (Wildman–Crippen LogP) is 2.96. The first-order chi connectivity index (χ1) is 10.1. The van der Waals surface area contributed by atoms with E-state index in [2.05, 4.69) is 60.9 Å². The lowest BCUT2D eigenvalue weighted by Crippen LogP contribution is -2.49. The average Bonchev–Trinajstić information content (AvgIpc) is 2.54. The maximum absolute atomic E-state index is 5.90. The van der Waals surface area contributed by atoms with Crippen LogP contribution in [0.25, 0.3) is 0 Å². The second kappa shape index (κ2) is 7.28. The molecule has 2 rings (SSSR count). The van der Waals surface area contributed by atoms with Gasteiger partial charge in [-0.1, -0.05) is 39.0 Å². The highest BCUT2D eigenvalue weighted by atomic mass is 15.2. The van der Waals surface area contributed by atoms with Gasteiger partial charge in [0, 0.05) is 31.4 Å². The first-order valence-corrected chi connectivity index (χ1v) is 8.30. The molecule has 0 unspecified atom stereocenters. The highest BCUT2D eigenvalue weighted by molar-refractivity contribution is 5.46. The molecule has 21 heavy (non-hydrogen) atoms. The van der Waals surface area contributed by atoms with Crippen molar-refractivity contribution in [3.63, 3.8) is 0 Å².